The summed E-state index contributed by atoms with van der Waals surface area (Å²) in [7, 11) is 2.77. The topological polar surface area (TPSA) is 127 Å². The summed E-state index contributed by atoms with van der Waals surface area (Å²) in [6, 6.07) is 10.9. The van der Waals surface area contributed by atoms with Gasteiger partial charge in [0, 0.05) is 50.6 Å². The number of allylic oxidation sites excluding steroid dienone is 2. The third-order valence-corrected chi connectivity index (χ3v) is 8.94. The minimum atomic E-state index is -1.41. The van der Waals surface area contributed by atoms with Crippen molar-refractivity contribution >= 4 is 40.7 Å². The van der Waals surface area contributed by atoms with Crippen LogP contribution in [0.15, 0.2) is 70.4 Å². The van der Waals surface area contributed by atoms with Gasteiger partial charge in [-0.1, -0.05) is 61.0 Å². The van der Waals surface area contributed by atoms with Gasteiger partial charge in [-0.2, -0.15) is 0 Å². The van der Waals surface area contributed by atoms with E-state index in [1.165, 1.54) is 24.9 Å². The van der Waals surface area contributed by atoms with E-state index >= 15 is 0 Å². The van der Waals surface area contributed by atoms with Crippen molar-refractivity contribution in [2.24, 2.45) is 20.0 Å². The average Bonchev–Trinajstić information content (AvgIpc) is 2.96. The normalized spacial score (nSPS) is 20.4. The molecule has 2 atom stereocenters. The Balaban J connectivity index is 1.58. The van der Waals surface area contributed by atoms with Gasteiger partial charge < -0.3 is 15.0 Å². The van der Waals surface area contributed by atoms with E-state index in [9.17, 15) is 24.3 Å². The number of alkyl halides is 1. The van der Waals surface area contributed by atoms with Crippen molar-refractivity contribution in [3.8, 4) is 0 Å². The molecular weight excluding hydrogens is 593 g/mol. The van der Waals surface area contributed by atoms with Gasteiger partial charge in [-0.05, 0) is 35.3 Å². The van der Waals surface area contributed by atoms with Crippen LogP contribution in [0.25, 0.3) is 5.57 Å². The molecule has 1 amide bonds. The molecule has 224 valence electrons. The van der Waals surface area contributed by atoms with E-state index in [-0.39, 0.29) is 11.5 Å². The zero-order chi connectivity index (χ0) is 31.1. The number of halogens is 2. The Kier molecular flexibility index (Phi) is 8.47. The summed E-state index contributed by atoms with van der Waals surface area (Å²) in [4.78, 5) is 57.4. The first-order chi connectivity index (χ1) is 20.5. The molecule has 3 heterocycles. The lowest BCUT2D eigenvalue weighted by molar-refractivity contribution is -0.147. The molecule has 10 nitrogen and oxygen atoms in total. The van der Waals surface area contributed by atoms with Crippen molar-refractivity contribution in [3.63, 3.8) is 0 Å². The van der Waals surface area contributed by atoms with Gasteiger partial charge in [0.15, 0.2) is 0 Å². The van der Waals surface area contributed by atoms with Gasteiger partial charge >= 0.3 is 11.7 Å². The highest BCUT2D eigenvalue weighted by molar-refractivity contribution is 6.34. The van der Waals surface area contributed by atoms with E-state index in [4.69, 9.17) is 28.2 Å². The smallest absolute Gasteiger partial charge is 0.330 e. The highest BCUT2D eigenvalue weighted by atomic mass is 35.5. The van der Waals surface area contributed by atoms with Gasteiger partial charge in [-0.15, -0.1) is 11.6 Å². The molecule has 2 aliphatic rings. The van der Waals surface area contributed by atoms with Crippen LogP contribution < -0.4 is 16.6 Å². The predicted octanol–water partition coefficient (Wildman–Crippen LogP) is 3.10. The van der Waals surface area contributed by atoms with Gasteiger partial charge in [0.1, 0.15) is 11.1 Å². The molecule has 43 heavy (non-hydrogen) atoms. The first-order valence-corrected chi connectivity index (χ1v) is 14.6. The molecule has 0 bridgehead atoms. The predicted molar refractivity (Wildman–Crippen MR) is 164 cm³/mol. The maximum absolute atomic E-state index is 13.8. The van der Waals surface area contributed by atoms with Crippen molar-refractivity contribution in [2.45, 2.75) is 30.8 Å². The number of carboxylic acid groups (broad SMARTS) is 1. The highest BCUT2D eigenvalue weighted by Gasteiger charge is 2.45. The number of aliphatic carboxylic acids is 1. The number of hydrogen-bond acceptors (Lipinski definition) is 6. The van der Waals surface area contributed by atoms with Crippen molar-refractivity contribution in [1.82, 2.24) is 24.3 Å². The number of pyridine rings is 1. The van der Waals surface area contributed by atoms with Crippen LogP contribution >= 0.6 is 23.2 Å². The molecule has 2 N–H and O–H groups in total. The molecule has 0 radical (unpaired) electrons. The number of carboxylic acids is 1. The number of carbonyl (C=O) groups excluding carboxylic acids is 1. The number of aromatic nitrogens is 3. The van der Waals surface area contributed by atoms with Crippen LogP contribution in [0.5, 0.6) is 0 Å². The van der Waals surface area contributed by atoms with E-state index < -0.39 is 34.0 Å². The monoisotopic (exact) mass is 623 g/mol. The summed E-state index contributed by atoms with van der Waals surface area (Å²) < 4.78 is 2.04. The Morgan fingerprint density at radius 3 is 2.53 bits per heavy atom. The molecule has 1 saturated heterocycles. The number of likely N-dealkylation sites (tertiary alicyclic amines) is 1. The second kappa shape index (κ2) is 11.9. The number of benzene rings is 1. The van der Waals surface area contributed by atoms with Crippen molar-refractivity contribution in [3.05, 3.63) is 115 Å². The average molecular weight is 625 g/mol. The van der Waals surface area contributed by atoms with Crippen LogP contribution in [0.3, 0.4) is 0 Å². The Bertz CT molecular complexity index is 1790. The SMILES string of the molecule is CCc1nc(C2(NC(=O)c3cn(C)c(=O)n(C)c3=O)C=CC=C(c3ccccc3Cl)C2Cl)ccc1CN1CC(C(=O)O)C1. The Morgan fingerprint density at radius 1 is 1.14 bits per heavy atom. The molecule has 5 rings (SSSR count). The molecule has 0 saturated carbocycles. The highest BCUT2D eigenvalue weighted by Crippen LogP contribution is 2.43. The molecular formula is C31H31Cl2N5O5. The second-order valence-corrected chi connectivity index (χ2v) is 11.7. The molecule has 12 heteroatoms. The molecule has 1 fully saturated rings. The molecule has 1 aliphatic carbocycles. The van der Waals surface area contributed by atoms with Crippen LogP contribution in [0, 0.1) is 5.92 Å². The Hall–Kier alpha value is -3.99. The zero-order valence-corrected chi connectivity index (χ0v) is 25.4. The number of nitrogens with one attached hydrogen (secondary N) is 1. The Labute approximate surface area is 257 Å². The number of aryl methyl sites for hydroxylation is 2. The lowest BCUT2D eigenvalue weighted by Gasteiger charge is -2.40. The number of nitrogens with zero attached hydrogens (tertiary/aromatic N) is 4. The summed E-state index contributed by atoms with van der Waals surface area (Å²) >= 11 is 13.8. The summed E-state index contributed by atoms with van der Waals surface area (Å²) in [6.07, 6.45) is 7.12. The first-order valence-electron chi connectivity index (χ1n) is 13.8. The van der Waals surface area contributed by atoms with E-state index in [2.05, 4.69) is 5.32 Å². The van der Waals surface area contributed by atoms with Gasteiger partial charge in [-0.25, -0.2) is 4.79 Å². The number of rotatable bonds is 8. The summed E-state index contributed by atoms with van der Waals surface area (Å²) in [5, 5.41) is 11.8. The molecule has 2 aromatic heterocycles. The summed E-state index contributed by atoms with van der Waals surface area (Å²) in [5.41, 5.74) is 0.554. The number of amides is 1. The standard InChI is InChI=1S/C31H31Cl2N5O5/c1-4-24-18(14-38-15-19(16-38)29(41)42)11-12-25(34-24)31(35-27(39)22-17-36(2)30(43)37(3)28(22)40)13-7-9-21(26(31)33)20-8-5-6-10-23(20)32/h5-13,17,19,26H,4,14-16H2,1-3H3,(H,35,39)(H,41,42). The molecule has 1 aliphatic heterocycles. The fraction of sp³-hybridized carbons (Fsp3) is 0.323. The largest absolute Gasteiger partial charge is 0.481 e. The minimum Gasteiger partial charge on any atom is -0.481 e. The third-order valence-electron chi connectivity index (χ3n) is 8.03. The molecule has 0 spiro atoms. The van der Waals surface area contributed by atoms with E-state index in [0.717, 1.165) is 15.8 Å². The van der Waals surface area contributed by atoms with Gasteiger partial charge in [-0.3, -0.25) is 28.8 Å². The van der Waals surface area contributed by atoms with Gasteiger partial charge in [0.05, 0.1) is 17.0 Å². The fourth-order valence-electron chi connectivity index (χ4n) is 5.55. The van der Waals surface area contributed by atoms with Crippen LogP contribution in [-0.2, 0) is 37.4 Å². The van der Waals surface area contributed by atoms with E-state index in [1.807, 2.05) is 42.2 Å². The maximum atomic E-state index is 13.8. The van der Waals surface area contributed by atoms with Gasteiger partial charge in [0.2, 0.25) is 0 Å². The van der Waals surface area contributed by atoms with Crippen molar-refractivity contribution < 1.29 is 14.7 Å². The van der Waals surface area contributed by atoms with Crippen LogP contribution in [-0.4, -0.2) is 54.5 Å². The quantitative estimate of drug-likeness (QED) is 0.369. The van der Waals surface area contributed by atoms with E-state index in [0.29, 0.717) is 47.9 Å². The Morgan fingerprint density at radius 2 is 1.86 bits per heavy atom. The van der Waals surface area contributed by atoms with Crippen molar-refractivity contribution in [1.29, 1.82) is 0 Å². The second-order valence-electron chi connectivity index (χ2n) is 10.8. The van der Waals surface area contributed by atoms with Crippen LogP contribution in [0.1, 0.15) is 39.8 Å². The molecule has 3 aromatic rings. The molecule has 1 aromatic carbocycles. The minimum absolute atomic E-state index is 0.229. The number of hydrogen-bond donors (Lipinski definition) is 2. The number of carbonyl (C=O) groups is 2. The summed E-state index contributed by atoms with van der Waals surface area (Å²) in [5.74, 6) is -1.90. The molecule has 2 unspecified atom stereocenters. The fourth-order valence-corrected chi connectivity index (χ4v) is 6.22. The maximum Gasteiger partial charge on any atom is 0.330 e. The van der Waals surface area contributed by atoms with Crippen LogP contribution in [0.2, 0.25) is 5.02 Å². The van der Waals surface area contributed by atoms with Gasteiger partial charge in [0.25, 0.3) is 11.5 Å². The third kappa shape index (κ3) is 5.58. The first kappa shape index (κ1) is 30.5. The van der Waals surface area contributed by atoms with Crippen molar-refractivity contribution in [2.75, 3.05) is 13.1 Å². The summed E-state index contributed by atoms with van der Waals surface area (Å²) in [6.45, 7) is 3.44. The lowest BCUT2D eigenvalue weighted by atomic mass is 9.79. The van der Waals surface area contributed by atoms with Crippen LogP contribution in [0.4, 0.5) is 0 Å². The zero-order valence-electron chi connectivity index (χ0n) is 23.9. The van der Waals surface area contributed by atoms with E-state index in [1.54, 1.807) is 24.3 Å². The lowest BCUT2D eigenvalue weighted by Crippen LogP contribution is -2.54.